The standard InChI is InChI=1S/C24H25ClFN3O4/c1-3-11-32-21-19(25)12-17(13-20(21)31-2)24(30)29-10-4-5-16(14-29)23-27-22(28-33-23)15-6-8-18(26)9-7-15/h6-9,12-13,16H,3-5,10-11,14H2,1-2H3. The van der Waals surface area contributed by atoms with E-state index in [2.05, 4.69) is 10.1 Å². The van der Waals surface area contributed by atoms with Crippen LogP contribution >= 0.6 is 11.6 Å². The van der Waals surface area contributed by atoms with E-state index >= 15 is 0 Å². The first kappa shape index (κ1) is 23.0. The van der Waals surface area contributed by atoms with Crippen LogP contribution in [0.1, 0.15) is 48.4 Å². The van der Waals surface area contributed by atoms with Gasteiger partial charge in [0.05, 0.1) is 24.7 Å². The molecule has 0 aliphatic carbocycles. The van der Waals surface area contributed by atoms with Crippen LogP contribution in [0.5, 0.6) is 11.5 Å². The fraction of sp³-hybridized carbons (Fsp3) is 0.375. The maximum atomic E-state index is 13.2. The average molecular weight is 474 g/mol. The molecule has 7 nitrogen and oxygen atoms in total. The van der Waals surface area contributed by atoms with Crippen LogP contribution in [0.25, 0.3) is 11.4 Å². The Labute approximate surface area is 196 Å². The van der Waals surface area contributed by atoms with Crippen molar-refractivity contribution in [2.45, 2.75) is 32.1 Å². The molecule has 0 spiro atoms. The predicted octanol–water partition coefficient (Wildman–Crippen LogP) is 5.35. The van der Waals surface area contributed by atoms with Gasteiger partial charge in [0.15, 0.2) is 11.5 Å². The molecule has 174 valence electrons. The van der Waals surface area contributed by atoms with Crippen LogP contribution in [0.3, 0.4) is 0 Å². The van der Waals surface area contributed by atoms with Gasteiger partial charge in [0.2, 0.25) is 11.7 Å². The molecule has 4 rings (SSSR count). The zero-order valence-electron chi connectivity index (χ0n) is 18.5. The highest BCUT2D eigenvalue weighted by Gasteiger charge is 2.30. The van der Waals surface area contributed by atoms with E-state index in [1.807, 2.05) is 6.92 Å². The number of aromatic nitrogens is 2. The van der Waals surface area contributed by atoms with Gasteiger partial charge in [0, 0.05) is 24.2 Å². The molecule has 1 aliphatic heterocycles. The summed E-state index contributed by atoms with van der Waals surface area (Å²) in [4.78, 5) is 19.5. The molecule has 33 heavy (non-hydrogen) atoms. The number of hydrogen-bond acceptors (Lipinski definition) is 6. The number of carbonyl (C=O) groups is 1. The lowest BCUT2D eigenvalue weighted by molar-refractivity contribution is 0.0695. The smallest absolute Gasteiger partial charge is 0.254 e. The molecule has 1 saturated heterocycles. The summed E-state index contributed by atoms with van der Waals surface area (Å²) in [5.41, 5.74) is 1.10. The molecule has 1 unspecified atom stereocenters. The van der Waals surface area contributed by atoms with Gasteiger partial charge < -0.3 is 18.9 Å². The van der Waals surface area contributed by atoms with Crippen LogP contribution in [-0.4, -0.2) is 47.8 Å². The summed E-state index contributed by atoms with van der Waals surface area (Å²) in [7, 11) is 1.52. The fourth-order valence-corrected chi connectivity index (χ4v) is 4.12. The Kier molecular flexibility index (Phi) is 7.13. The second kappa shape index (κ2) is 10.2. The van der Waals surface area contributed by atoms with Gasteiger partial charge in [-0.05, 0) is 55.7 Å². The number of nitrogens with zero attached hydrogens (tertiary/aromatic N) is 3. The zero-order chi connectivity index (χ0) is 23.4. The van der Waals surface area contributed by atoms with Crippen LogP contribution in [0, 0.1) is 5.82 Å². The Morgan fingerprint density at radius 2 is 2.09 bits per heavy atom. The Morgan fingerprint density at radius 1 is 1.30 bits per heavy atom. The summed E-state index contributed by atoms with van der Waals surface area (Å²) in [5.74, 6) is 1.15. The van der Waals surface area contributed by atoms with E-state index in [1.54, 1.807) is 29.2 Å². The monoisotopic (exact) mass is 473 g/mol. The van der Waals surface area contributed by atoms with Crippen molar-refractivity contribution in [1.29, 1.82) is 0 Å². The van der Waals surface area contributed by atoms with E-state index in [0.717, 1.165) is 19.3 Å². The number of likely N-dealkylation sites (tertiary alicyclic amines) is 1. The first-order chi connectivity index (χ1) is 16.0. The van der Waals surface area contributed by atoms with Gasteiger partial charge >= 0.3 is 0 Å². The molecule has 1 aromatic heterocycles. The number of piperidine rings is 1. The highest BCUT2D eigenvalue weighted by atomic mass is 35.5. The molecule has 0 radical (unpaired) electrons. The Morgan fingerprint density at radius 3 is 2.82 bits per heavy atom. The van der Waals surface area contributed by atoms with Crippen molar-refractivity contribution in [2.24, 2.45) is 0 Å². The molecule has 0 bridgehead atoms. The minimum absolute atomic E-state index is 0.0890. The third kappa shape index (κ3) is 5.11. The third-order valence-electron chi connectivity index (χ3n) is 5.53. The highest BCUT2D eigenvalue weighted by Crippen LogP contribution is 2.37. The molecule has 1 atom stereocenters. The minimum atomic E-state index is -0.328. The van der Waals surface area contributed by atoms with Gasteiger partial charge in [-0.25, -0.2) is 4.39 Å². The molecule has 0 saturated carbocycles. The lowest BCUT2D eigenvalue weighted by Gasteiger charge is -2.31. The number of halogens is 2. The lowest BCUT2D eigenvalue weighted by atomic mass is 9.97. The largest absolute Gasteiger partial charge is 0.493 e. The van der Waals surface area contributed by atoms with Gasteiger partial charge in [-0.3, -0.25) is 4.79 Å². The normalized spacial score (nSPS) is 16.0. The quantitative estimate of drug-likeness (QED) is 0.460. The van der Waals surface area contributed by atoms with Gasteiger partial charge in [0.1, 0.15) is 5.82 Å². The molecule has 2 aromatic carbocycles. The fourth-order valence-electron chi connectivity index (χ4n) is 3.85. The molecule has 1 amide bonds. The molecule has 0 N–H and O–H groups in total. The van der Waals surface area contributed by atoms with Crippen molar-refractivity contribution in [3.05, 3.63) is 58.7 Å². The van der Waals surface area contributed by atoms with Crippen molar-refractivity contribution in [1.82, 2.24) is 15.0 Å². The van der Waals surface area contributed by atoms with Gasteiger partial charge in [-0.15, -0.1) is 0 Å². The summed E-state index contributed by atoms with van der Waals surface area (Å²) in [6.07, 6.45) is 2.45. The molecule has 1 fully saturated rings. The predicted molar refractivity (Wildman–Crippen MR) is 121 cm³/mol. The summed E-state index contributed by atoms with van der Waals surface area (Å²) >= 11 is 6.39. The highest BCUT2D eigenvalue weighted by molar-refractivity contribution is 6.32. The third-order valence-corrected chi connectivity index (χ3v) is 5.81. The van der Waals surface area contributed by atoms with Crippen LogP contribution < -0.4 is 9.47 Å². The van der Waals surface area contributed by atoms with Crippen molar-refractivity contribution in [3.8, 4) is 22.9 Å². The van der Waals surface area contributed by atoms with Crippen molar-refractivity contribution in [2.75, 3.05) is 26.8 Å². The lowest BCUT2D eigenvalue weighted by Crippen LogP contribution is -2.39. The van der Waals surface area contributed by atoms with Crippen molar-refractivity contribution >= 4 is 17.5 Å². The molecular weight excluding hydrogens is 449 g/mol. The molecular formula is C24H25ClFN3O4. The van der Waals surface area contributed by atoms with Gasteiger partial charge in [-0.1, -0.05) is 23.7 Å². The first-order valence-corrected chi connectivity index (χ1v) is 11.3. The number of ether oxygens (including phenoxy) is 2. The SMILES string of the molecule is CCCOc1c(Cl)cc(C(=O)N2CCCC(c3nc(-c4ccc(F)cc4)no3)C2)cc1OC. The summed E-state index contributed by atoms with van der Waals surface area (Å²) in [5, 5.41) is 4.36. The maximum Gasteiger partial charge on any atom is 0.254 e. The summed E-state index contributed by atoms with van der Waals surface area (Å²) in [6, 6.07) is 9.18. The van der Waals surface area contributed by atoms with Crippen LogP contribution in [0.2, 0.25) is 5.02 Å². The molecule has 9 heteroatoms. The molecule has 1 aliphatic rings. The molecule has 2 heterocycles. The van der Waals surface area contributed by atoms with E-state index in [4.69, 9.17) is 25.6 Å². The average Bonchev–Trinajstić information content (AvgIpc) is 3.33. The number of carbonyl (C=O) groups excluding carboxylic acids is 1. The van der Waals surface area contributed by atoms with Gasteiger partial charge in [-0.2, -0.15) is 4.98 Å². The van der Waals surface area contributed by atoms with E-state index in [-0.39, 0.29) is 17.6 Å². The van der Waals surface area contributed by atoms with Crippen LogP contribution in [-0.2, 0) is 0 Å². The summed E-state index contributed by atoms with van der Waals surface area (Å²) in [6.45, 7) is 3.55. The van der Waals surface area contributed by atoms with Crippen molar-refractivity contribution < 1.29 is 23.2 Å². The van der Waals surface area contributed by atoms with Crippen molar-refractivity contribution in [3.63, 3.8) is 0 Å². The number of rotatable bonds is 7. The summed E-state index contributed by atoms with van der Waals surface area (Å²) < 4.78 is 29.7. The Bertz CT molecular complexity index is 1120. The van der Waals surface area contributed by atoms with E-state index < -0.39 is 0 Å². The number of amides is 1. The first-order valence-electron chi connectivity index (χ1n) is 10.9. The van der Waals surface area contributed by atoms with E-state index in [1.165, 1.54) is 19.2 Å². The minimum Gasteiger partial charge on any atom is -0.493 e. The second-order valence-corrected chi connectivity index (χ2v) is 8.30. The zero-order valence-corrected chi connectivity index (χ0v) is 19.3. The second-order valence-electron chi connectivity index (χ2n) is 7.89. The van der Waals surface area contributed by atoms with Gasteiger partial charge in [0.25, 0.3) is 5.91 Å². The topological polar surface area (TPSA) is 77.7 Å². The number of hydrogen-bond donors (Lipinski definition) is 0. The van der Waals surface area contributed by atoms with E-state index in [0.29, 0.717) is 59.1 Å². The number of methoxy groups -OCH3 is 1. The maximum absolute atomic E-state index is 13.2. The Balaban J connectivity index is 1.50. The number of benzene rings is 2. The molecule has 3 aromatic rings. The van der Waals surface area contributed by atoms with Crippen LogP contribution in [0.4, 0.5) is 4.39 Å². The Hall–Kier alpha value is -3.13. The van der Waals surface area contributed by atoms with Crippen LogP contribution in [0.15, 0.2) is 40.9 Å². The van der Waals surface area contributed by atoms with E-state index in [9.17, 15) is 9.18 Å².